The fraction of sp³-hybridized carbons (Fsp3) is 0.188. The molecule has 0 spiro atoms. The van der Waals surface area contributed by atoms with Crippen molar-refractivity contribution in [2.24, 2.45) is 0 Å². The number of nitrogens with one attached hydrogen (secondary N) is 2. The molecule has 2 rings (SSSR count). The minimum Gasteiger partial charge on any atom is -0.378 e. The van der Waals surface area contributed by atoms with Crippen LogP contribution in [0, 0.1) is 0 Å². The summed E-state index contributed by atoms with van der Waals surface area (Å²) in [6.45, 7) is 0.220. The third-order valence-electron chi connectivity index (χ3n) is 2.96. The summed E-state index contributed by atoms with van der Waals surface area (Å²) >= 11 is 3.41. The van der Waals surface area contributed by atoms with Gasteiger partial charge in [-0.2, -0.15) is 0 Å². The number of hydrogen-bond donors (Lipinski definition) is 2. The van der Waals surface area contributed by atoms with Crippen LogP contribution >= 0.6 is 15.9 Å². The summed E-state index contributed by atoms with van der Waals surface area (Å²) in [4.78, 5) is 14.0. The van der Waals surface area contributed by atoms with Gasteiger partial charge in [0, 0.05) is 29.9 Å². The summed E-state index contributed by atoms with van der Waals surface area (Å²) < 4.78 is 0.868. The number of para-hydroxylation sites is 1. The molecule has 0 aromatic heterocycles. The van der Waals surface area contributed by atoms with Gasteiger partial charge in [0.1, 0.15) is 0 Å². The third-order valence-corrected chi connectivity index (χ3v) is 3.66. The Hall–Kier alpha value is -2.01. The first-order valence-corrected chi connectivity index (χ1v) is 7.41. The van der Waals surface area contributed by atoms with Gasteiger partial charge in [0.15, 0.2) is 0 Å². The van der Waals surface area contributed by atoms with E-state index < -0.39 is 0 Å². The van der Waals surface area contributed by atoms with Crippen molar-refractivity contribution in [3.63, 3.8) is 0 Å². The average Bonchev–Trinajstić information content (AvgIpc) is 2.48. The first kappa shape index (κ1) is 15.4. The fourth-order valence-electron chi connectivity index (χ4n) is 1.83. The molecule has 0 bridgehead atoms. The number of halogens is 1. The molecule has 110 valence electrons. The van der Waals surface area contributed by atoms with Gasteiger partial charge in [-0.25, -0.2) is 0 Å². The Bertz CT molecular complexity index is 628. The van der Waals surface area contributed by atoms with Crippen LogP contribution in [0.15, 0.2) is 53.0 Å². The molecular formula is C16H18BrN3O. The van der Waals surface area contributed by atoms with Crippen molar-refractivity contribution >= 4 is 38.9 Å². The van der Waals surface area contributed by atoms with Gasteiger partial charge < -0.3 is 15.5 Å². The lowest BCUT2D eigenvalue weighted by Crippen LogP contribution is -2.22. The molecule has 5 heteroatoms. The normalized spacial score (nSPS) is 10.0. The molecule has 21 heavy (non-hydrogen) atoms. The average molecular weight is 348 g/mol. The summed E-state index contributed by atoms with van der Waals surface area (Å²) in [6.07, 6.45) is 0. The first-order chi connectivity index (χ1) is 10.1. The van der Waals surface area contributed by atoms with Gasteiger partial charge in [-0.1, -0.05) is 18.2 Å². The lowest BCUT2D eigenvalue weighted by molar-refractivity contribution is -0.114. The van der Waals surface area contributed by atoms with Crippen molar-refractivity contribution in [3.05, 3.63) is 53.0 Å². The summed E-state index contributed by atoms with van der Waals surface area (Å²) in [7, 11) is 3.97. The van der Waals surface area contributed by atoms with E-state index in [1.165, 1.54) is 0 Å². The number of benzene rings is 2. The van der Waals surface area contributed by atoms with Crippen LogP contribution < -0.4 is 15.5 Å². The molecule has 2 N–H and O–H groups in total. The topological polar surface area (TPSA) is 44.4 Å². The molecule has 0 unspecified atom stereocenters. The maximum absolute atomic E-state index is 12.0. The smallest absolute Gasteiger partial charge is 0.243 e. The van der Waals surface area contributed by atoms with Crippen molar-refractivity contribution in [2.45, 2.75) is 0 Å². The van der Waals surface area contributed by atoms with Crippen molar-refractivity contribution in [2.75, 3.05) is 36.2 Å². The molecule has 0 radical (unpaired) electrons. The SMILES string of the molecule is CN(C)c1cccc(NCC(=O)Nc2ccccc2Br)c1. The van der Waals surface area contributed by atoms with Crippen LogP contribution in [0.5, 0.6) is 0 Å². The maximum Gasteiger partial charge on any atom is 0.243 e. The molecule has 0 saturated carbocycles. The molecule has 0 saturated heterocycles. The van der Waals surface area contributed by atoms with E-state index in [0.29, 0.717) is 0 Å². The minimum atomic E-state index is -0.0860. The molecular weight excluding hydrogens is 330 g/mol. The van der Waals surface area contributed by atoms with E-state index >= 15 is 0 Å². The number of nitrogens with zero attached hydrogens (tertiary/aromatic N) is 1. The van der Waals surface area contributed by atoms with Crippen LogP contribution in [0.2, 0.25) is 0 Å². The van der Waals surface area contributed by atoms with E-state index in [2.05, 4.69) is 26.6 Å². The molecule has 2 aromatic carbocycles. The van der Waals surface area contributed by atoms with E-state index in [4.69, 9.17) is 0 Å². The highest BCUT2D eigenvalue weighted by Crippen LogP contribution is 2.21. The van der Waals surface area contributed by atoms with Crippen LogP contribution in [-0.2, 0) is 4.79 Å². The Morgan fingerprint density at radius 3 is 2.62 bits per heavy atom. The number of carbonyl (C=O) groups excluding carboxylic acids is 1. The monoisotopic (exact) mass is 347 g/mol. The van der Waals surface area contributed by atoms with E-state index in [-0.39, 0.29) is 12.5 Å². The number of amides is 1. The van der Waals surface area contributed by atoms with Gasteiger partial charge >= 0.3 is 0 Å². The molecule has 0 aliphatic rings. The van der Waals surface area contributed by atoms with Crippen molar-refractivity contribution in [3.8, 4) is 0 Å². The zero-order valence-corrected chi connectivity index (χ0v) is 13.6. The lowest BCUT2D eigenvalue weighted by atomic mass is 10.2. The molecule has 0 fully saturated rings. The number of hydrogen-bond acceptors (Lipinski definition) is 3. The standard InChI is InChI=1S/C16H18BrN3O/c1-20(2)13-7-5-6-12(10-13)18-11-16(21)19-15-9-4-3-8-14(15)17/h3-10,18H,11H2,1-2H3,(H,19,21). The lowest BCUT2D eigenvalue weighted by Gasteiger charge is -2.14. The van der Waals surface area contributed by atoms with Crippen molar-refractivity contribution < 1.29 is 4.79 Å². The largest absolute Gasteiger partial charge is 0.378 e. The second-order valence-corrected chi connectivity index (χ2v) is 5.68. The van der Waals surface area contributed by atoms with E-state index in [1.807, 2.05) is 67.5 Å². The number of carbonyl (C=O) groups is 1. The second kappa shape index (κ2) is 7.13. The molecule has 1 amide bonds. The molecule has 0 heterocycles. The Balaban J connectivity index is 1.92. The maximum atomic E-state index is 12.0. The second-order valence-electron chi connectivity index (χ2n) is 4.83. The Morgan fingerprint density at radius 1 is 1.14 bits per heavy atom. The van der Waals surface area contributed by atoms with Crippen LogP contribution in [0.25, 0.3) is 0 Å². The third kappa shape index (κ3) is 4.49. The van der Waals surface area contributed by atoms with Crippen LogP contribution in [0.1, 0.15) is 0 Å². The Morgan fingerprint density at radius 2 is 1.90 bits per heavy atom. The summed E-state index contributed by atoms with van der Waals surface area (Å²) in [5, 5.41) is 5.98. The molecule has 2 aromatic rings. The van der Waals surface area contributed by atoms with Gasteiger partial charge in [-0.05, 0) is 46.3 Å². The van der Waals surface area contributed by atoms with Gasteiger partial charge in [0.2, 0.25) is 5.91 Å². The Kier molecular flexibility index (Phi) is 5.22. The molecule has 4 nitrogen and oxygen atoms in total. The highest BCUT2D eigenvalue weighted by Gasteiger charge is 2.05. The quantitative estimate of drug-likeness (QED) is 0.868. The van der Waals surface area contributed by atoms with E-state index in [1.54, 1.807) is 0 Å². The van der Waals surface area contributed by atoms with Crippen LogP contribution in [0.3, 0.4) is 0 Å². The van der Waals surface area contributed by atoms with E-state index in [0.717, 1.165) is 21.5 Å². The minimum absolute atomic E-state index is 0.0860. The molecule has 0 aliphatic heterocycles. The van der Waals surface area contributed by atoms with Gasteiger partial charge in [0.25, 0.3) is 0 Å². The van der Waals surface area contributed by atoms with Crippen LogP contribution in [0.4, 0.5) is 17.1 Å². The predicted octanol–water partition coefficient (Wildman–Crippen LogP) is 3.57. The highest BCUT2D eigenvalue weighted by molar-refractivity contribution is 9.10. The Labute approximate surface area is 133 Å². The zero-order valence-electron chi connectivity index (χ0n) is 12.1. The summed E-state index contributed by atoms with van der Waals surface area (Å²) in [5.41, 5.74) is 2.78. The van der Waals surface area contributed by atoms with E-state index in [9.17, 15) is 4.79 Å². The number of anilines is 3. The number of rotatable bonds is 5. The highest BCUT2D eigenvalue weighted by atomic mass is 79.9. The van der Waals surface area contributed by atoms with Gasteiger partial charge in [-0.15, -0.1) is 0 Å². The summed E-state index contributed by atoms with van der Waals surface area (Å²) in [5.74, 6) is -0.0860. The first-order valence-electron chi connectivity index (χ1n) is 6.62. The summed E-state index contributed by atoms with van der Waals surface area (Å²) in [6, 6.07) is 15.5. The van der Waals surface area contributed by atoms with Crippen molar-refractivity contribution in [1.29, 1.82) is 0 Å². The van der Waals surface area contributed by atoms with Gasteiger partial charge in [-0.3, -0.25) is 4.79 Å². The molecule has 0 aliphatic carbocycles. The zero-order chi connectivity index (χ0) is 15.2. The van der Waals surface area contributed by atoms with Crippen molar-refractivity contribution in [1.82, 2.24) is 0 Å². The van der Waals surface area contributed by atoms with Crippen LogP contribution in [-0.4, -0.2) is 26.5 Å². The predicted molar refractivity (Wildman–Crippen MR) is 92.0 cm³/mol. The molecule has 0 atom stereocenters. The van der Waals surface area contributed by atoms with Gasteiger partial charge in [0.05, 0.1) is 12.2 Å². The fourth-order valence-corrected chi connectivity index (χ4v) is 2.22.